The molecule has 2 aliphatic heterocycles. The summed E-state index contributed by atoms with van der Waals surface area (Å²) in [4.78, 5) is 0. The summed E-state index contributed by atoms with van der Waals surface area (Å²) < 4.78 is 8.63. The van der Waals surface area contributed by atoms with E-state index in [4.69, 9.17) is 4.74 Å². The number of benzene rings is 3. The van der Waals surface area contributed by atoms with Gasteiger partial charge in [-0.2, -0.15) is 0 Å². The summed E-state index contributed by atoms with van der Waals surface area (Å²) in [5.41, 5.74) is 7.79. The Morgan fingerprint density at radius 2 is 1.83 bits per heavy atom. The topological polar surface area (TPSA) is 26.2 Å². The summed E-state index contributed by atoms with van der Waals surface area (Å²) in [6.07, 6.45) is 2.52. The van der Waals surface area contributed by atoms with E-state index in [2.05, 4.69) is 84.5 Å². The highest BCUT2D eigenvalue weighted by Gasteiger charge is 2.39. The van der Waals surface area contributed by atoms with Crippen molar-refractivity contribution < 1.29 is 4.74 Å². The number of anilines is 1. The second kappa shape index (κ2) is 6.36. The van der Waals surface area contributed by atoms with Crippen molar-refractivity contribution in [2.24, 2.45) is 13.0 Å². The number of ether oxygens (including phenoxy) is 1. The fourth-order valence-electron chi connectivity index (χ4n) is 5.50. The third kappa shape index (κ3) is 2.54. The molecule has 1 saturated heterocycles. The number of hydrogen-bond donors (Lipinski definition) is 1. The summed E-state index contributed by atoms with van der Waals surface area (Å²) >= 11 is 0. The molecule has 4 aromatic rings. The van der Waals surface area contributed by atoms with Gasteiger partial charge in [-0.25, -0.2) is 0 Å². The van der Waals surface area contributed by atoms with Crippen LogP contribution in [0.15, 0.2) is 60.7 Å². The number of fused-ring (bicyclic) bond motifs is 6. The first-order valence-corrected chi connectivity index (χ1v) is 10.7. The van der Waals surface area contributed by atoms with Crippen molar-refractivity contribution in [3.63, 3.8) is 0 Å². The molecule has 146 valence electrons. The van der Waals surface area contributed by atoms with Crippen LogP contribution in [0.5, 0.6) is 0 Å². The maximum absolute atomic E-state index is 6.33. The molecule has 3 atom stereocenters. The molecule has 0 bridgehead atoms. The Balaban J connectivity index is 1.51. The molecule has 1 fully saturated rings. The molecular formula is C26H26N2O. The zero-order chi connectivity index (χ0) is 19.5. The van der Waals surface area contributed by atoms with Gasteiger partial charge in [0.1, 0.15) is 0 Å². The second-order valence-corrected chi connectivity index (χ2v) is 8.66. The van der Waals surface area contributed by atoms with Crippen LogP contribution >= 0.6 is 0 Å². The lowest BCUT2D eigenvalue weighted by molar-refractivity contribution is -0.0381. The highest BCUT2D eigenvalue weighted by Crippen LogP contribution is 2.49. The summed E-state index contributed by atoms with van der Waals surface area (Å²) in [6, 6.07) is 22.7. The predicted octanol–water partition coefficient (Wildman–Crippen LogP) is 6.27. The van der Waals surface area contributed by atoms with Crippen LogP contribution in [0.1, 0.15) is 41.7 Å². The minimum Gasteiger partial charge on any atom is -0.378 e. The average Bonchev–Trinajstić information content (AvgIpc) is 3.05. The molecule has 3 aromatic carbocycles. The molecule has 6 rings (SSSR count). The Morgan fingerprint density at radius 1 is 0.966 bits per heavy atom. The first-order chi connectivity index (χ1) is 14.2. The molecule has 3 heterocycles. The van der Waals surface area contributed by atoms with Gasteiger partial charge in [-0.3, -0.25) is 0 Å². The first kappa shape index (κ1) is 17.1. The molecule has 0 radical (unpaired) electrons. The van der Waals surface area contributed by atoms with Crippen LogP contribution in [-0.4, -0.2) is 11.2 Å². The molecule has 0 unspecified atom stereocenters. The number of aromatic nitrogens is 1. The van der Waals surface area contributed by atoms with E-state index in [0.717, 1.165) is 13.0 Å². The lowest BCUT2D eigenvalue weighted by Crippen LogP contribution is -2.36. The van der Waals surface area contributed by atoms with Crippen LogP contribution in [0.3, 0.4) is 0 Å². The largest absolute Gasteiger partial charge is 0.378 e. The number of nitrogens with one attached hydrogen (secondary N) is 1. The Labute approximate surface area is 171 Å². The molecule has 0 spiro atoms. The maximum Gasteiger partial charge on any atom is 0.0895 e. The highest BCUT2D eigenvalue weighted by atomic mass is 16.5. The van der Waals surface area contributed by atoms with Crippen LogP contribution < -0.4 is 5.32 Å². The van der Waals surface area contributed by atoms with E-state index in [1.165, 1.54) is 50.6 Å². The van der Waals surface area contributed by atoms with Gasteiger partial charge in [-0.05, 0) is 49.6 Å². The van der Waals surface area contributed by atoms with E-state index in [9.17, 15) is 0 Å². The normalized spacial score (nSPS) is 23.6. The van der Waals surface area contributed by atoms with E-state index >= 15 is 0 Å². The highest BCUT2D eigenvalue weighted by molar-refractivity contribution is 6.08. The number of para-hydroxylation sites is 1. The second-order valence-electron chi connectivity index (χ2n) is 8.66. The minimum absolute atomic E-state index is 0.188. The van der Waals surface area contributed by atoms with Crippen molar-refractivity contribution in [2.75, 3.05) is 11.9 Å². The van der Waals surface area contributed by atoms with E-state index in [1.807, 2.05) is 0 Å². The van der Waals surface area contributed by atoms with Crippen LogP contribution in [0, 0.1) is 12.8 Å². The zero-order valence-electron chi connectivity index (χ0n) is 17.0. The molecule has 3 nitrogen and oxygen atoms in total. The minimum atomic E-state index is 0.188. The summed E-state index contributed by atoms with van der Waals surface area (Å²) in [5, 5.41) is 6.54. The molecule has 29 heavy (non-hydrogen) atoms. The van der Waals surface area contributed by atoms with Gasteiger partial charge in [0.15, 0.2) is 0 Å². The summed E-state index contributed by atoms with van der Waals surface area (Å²) in [5.74, 6) is 0.463. The summed E-state index contributed by atoms with van der Waals surface area (Å²) in [7, 11) is 2.16. The van der Waals surface area contributed by atoms with E-state index < -0.39 is 0 Å². The van der Waals surface area contributed by atoms with Gasteiger partial charge >= 0.3 is 0 Å². The summed E-state index contributed by atoms with van der Waals surface area (Å²) in [6.45, 7) is 3.03. The Hall–Kier alpha value is -2.78. The lowest BCUT2D eigenvalue weighted by Gasteiger charge is -2.43. The van der Waals surface area contributed by atoms with Crippen LogP contribution in [-0.2, 0) is 11.8 Å². The molecule has 0 aliphatic carbocycles. The molecule has 0 amide bonds. The van der Waals surface area contributed by atoms with Crippen molar-refractivity contribution in [3.8, 4) is 0 Å². The quantitative estimate of drug-likeness (QED) is 0.420. The Kier molecular flexibility index (Phi) is 3.75. The SMILES string of the molecule is Cc1ccc2c(c1)[C@@H]1OCCC[C@@H]1[C@H](c1ccc3c(c1)c1ccccc1n3C)N2. The molecular weight excluding hydrogens is 356 g/mol. The standard InChI is InChI=1S/C26H26N2O/c1-16-9-11-22-21(14-16)26-19(7-5-13-29-26)25(27-22)17-10-12-24-20(15-17)18-6-3-4-8-23(18)28(24)2/h3-4,6,8-12,14-15,19,25-27H,5,7,13H2,1-2H3/t19-,25+,26-/m1/s1. The van der Waals surface area contributed by atoms with Crippen LogP contribution in [0.25, 0.3) is 21.8 Å². The van der Waals surface area contributed by atoms with Gasteiger partial charge in [0.25, 0.3) is 0 Å². The van der Waals surface area contributed by atoms with Gasteiger partial charge in [-0.1, -0.05) is 42.0 Å². The average molecular weight is 383 g/mol. The van der Waals surface area contributed by atoms with Crippen molar-refractivity contribution in [1.29, 1.82) is 0 Å². The van der Waals surface area contributed by atoms with Crippen molar-refractivity contribution in [3.05, 3.63) is 77.4 Å². The van der Waals surface area contributed by atoms with E-state index in [0.29, 0.717) is 5.92 Å². The predicted molar refractivity (Wildman–Crippen MR) is 119 cm³/mol. The smallest absolute Gasteiger partial charge is 0.0895 e. The maximum atomic E-state index is 6.33. The third-order valence-electron chi connectivity index (χ3n) is 6.92. The lowest BCUT2D eigenvalue weighted by atomic mass is 9.77. The molecule has 2 aliphatic rings. The molecule has 3 heteroatoms. The molecule has 0 saturated carbocycles. The van der Waals surface area contributed by atoms with E-state index in [1.54, 1.807) is 0 Å². The Bertz CT molecular complexity index is 1240. The molecule has 1 N–H and O–H groups in total. The van der Waals surface area contributed by atoms with Crippen LogP contribution in [0.2, 0.25) is 0 Å². The fraction of sp³-hybridized carbons (Fsp3) is 0.308. The monoisotopic (exact) mass is 382 g/mol. The Morgan fingerprint density at radius 3 is 2.76 bits per heavy atom. The van der Waals surface area contributed by atoms with Gasteiger partial charge in [0, 0.05) is 52.6 Å². The van der Waals surface area contributed by atoms with Crippen molar-refractivity contribution >= 4 is 27.5 Å². The van der Waals surface area contributed by atoms with Gasteiger partial charge in [-0.15, -0.1) is 0 Å². The number of hydrogen-bond acceptors (Lipinski definition) is 2. The van der Waals surface area contributed by atoms with E-state index in [-0.39, 0.29) is 12.1 Å². The third-order valence-corrected chi connectivity index (χ3v) is 6.92. The molecule has 1 aromatic heterocycles. The van der Waals surface area contributed by atoms with Gasteiger partial charge in [0.2, 0.25) is 0 Å². The fourth-order valence-corrected chi connectivity index (χ4v) is 5.50. The number of nitrogens with zero attached hydrogens (tertiary/aromatic N) is 1. The van der Waals surface area contributed by atoms with Gasteiger partial charge in [0.05, 0.1) is 12.1 Å². The number of aryl methyl sites for hydroxylation is 2. The van der Waals surface area contributed by atoms with Gasteiger partial charge < -0.3 is 14.6 Å². The van der Waals surface area contributed by atoms with Crippen molar-refractivity contribution in [1.82, 2.24) is 4.57 Å². The number of rotatable bonds is 1. The van der Waals surface area contributed by atoms with Crippen LogP contribution in [0.4, 0.5) is 5.69 Å². The first-order valence-electron chi connectivity index (χ1n) is 10.7. The zero-order valence-corrected chi connectivity index (χ0v) is 17.0. The van der Waals surface area contributed by atoms with Crippen molar-refractivity contribution in [2.45, 2.75) is 31.9 Å².